The van der Waals surface area contributed by atoms with Crippen LogP contribution in [0.3, 0.4) is 0 Å². The minimum atomic E-state index is -0.608. The molecule has 3 heterocycles. The van der Waals surface area contributed by atoms with E-state index in [1.54, 1.807) is 61.8 Å². The number of esters is 1. The van der Waals surface area contributed by atoms with E-state index in [0.29, 0.717) is 27.6 Å². The van der Waals surface area contributed by atoms with E-state index in [2.05, 4.69) is 15.3 Å². The number of hydrogen-bond acceptors (Lipinski definition) is 8. The van der Waals surface area contributed by atoms with Gasteiger partial charge in [-0.1, -0.05) is 12.1 Å². The molecule has 0 bridgehead atoms. The standard InChI is InChI=1S/C21H15N3O5S/c1-12(16-11-28-19(23-16)14-6-8-22-9-7-14)29-20(26)15-4-2-13(3-5-15)10-17-18(25)24-21(27)30-17/h2-12H,1H3,(H,24,25,27)/b17-10-. The molecule has 30 heavy (non-hydrogen) atoms. The van der Waals surface area contributed by atoms with Gasteiger partial charge in [-0.05, 0) is 54.6 Å². The van der Waals surface area contributed by atoms with Gasteiger partial charge in [-0.3, -0.25) is 19.9 Å². The summed E-state index contributed by atoms with van der Waals surface area (Å²) >= 11 is 0.836. The van der Waals surface area contributed by atoms with Crippen LogP contribution in [0.1, 0.15) is 34.6 Å². The Kier molecular flexibility index (Phi) is 5.44. The van der Waals surface area contributed by atoms with Gasteiger partial charge < -0.3 is 9.15 Å². The Labute approximate surface area is 175 Å². The van der Waals surface area contributed by atoms with Gasteiger partial charge in [-0.15, -0.1) is 0 Å². The Morgan fingerprint density at radius 2 is 1.90 bits per heavy atom. The summed E-state index contributed by atoms with van der Waals surface area (Å²) in [6, 6.07) is 10.1. The summed E-state index contributed by atoms with van der Waals surface area (Å²) in [6.07, 6.45) is 5.70. The van der Waals surface area contributed by atoms with Crippen LogP contribution in [-0.2, 0) is 9.53 Å². The second kappa shape index (κ2) is 8.34. The van der Waals surface area contributed by atoms with Crippen molar-refractivity contribution >= 4 is 35.0 Å². The number of aromatic nitrogens is 2. The van der Waals surface area contributed by atoms with E-state index in [0.717, 1.165) is 17.3 Å². The summed E-state index contributed by atoms with van der Waals surface area (Å²) in [7, 11) is 0. The molecule has 1 aromatic carbocycles. The smallest absolute Gasteiger partial charge is 0.338 e. The van der Waals surface area contributed by atoms with E-state index in [1.807, 2.05) is 0 Å². The van der Waals surface area contributed by atoms with Crippen LogP contribution in [0.15, 0.2) is 64.4 Å². The molecule has 1 N–H and O–H groups in total. The van der Waals surface area contributed by atoms with Crippen LogP contribution in [-0.4, -0.2) is 27.1 Å². The van der Waals surface area contributed by atoms with E-state index in [1.165, 1.54) is 6.26 Å². The molecular formula is C21H15N3O5S. The number of rotatable bonds is 5. The number of benzene rings is 1. The van der Waals surface area contributed by atoms with Crippen molar-refractivity contribution in [1.82, 2.24) is 15.3 Å². The van der Waals surface area contributed by atoms with Gasteiger partial charge in [-0.25, -0.2) is 9.78 Å². The van der Waals surface area contributed by atoms with Gasteiger partial charge in [0.25, 0.3) is 11.1 Å². The fourth-order valence-corrected chi connectivity index (χ4v) is 3.36. The van der Waals surface area contributed by atoms with Crippen molar-refractivity contribution in [3.05, 3.63) is 76.8 Å². The molecule has 1 fully saturated rings. The molecule has 2 aromatic heterocycles. The zero-order chi connectivity index (χ0) is 21.1. The molecule has 0 radical (unpaired) electrons. The lowest BCUT2D eigenvalue weighted by Gasteiger charge is -2.10. The van der Waals surface area contributed by atoms with Crippen molar-refractivity contribution in [1.29, 1.82) is 0 Å². The third-order valence-electron chi connectivity index (χ3n) is 4.24. The number of carbonyl (C=O) groups is 3. The number of imide groups is 1. The molecule has 1 aliphatic heterocycles. The molecule has 1 unspecified atom stereocenters. The first-order valence-corrected chi connectivity index (χ1v) is 9.73. The van der Waals surface area contributed by atoms with Crippen molar-refractivity contribution in [3.8, 4) is 11.5 Å². The number of amides is 2. The van der Waals surface area contributed by atoms with Gasteiger partial charge in [0.05, 0.1) is 10.5 Å². The number of hydrogen-bond donors (Lipinski definition) is 1. The van der Waals surface area contributed by atoms with Gasteiger partial charge in [0, 0.05) is 18.0 Å². The fraction of sp³-hybridized carbons (Fsp3) is 0.0952. The van der Waals surface area contributed by atoms with Crippen LogP contribution in [0, 0.1) is 0 Å². The summed E-state index contributed by atoms with van der Waals surface area (Å²) in [5.74, 6) is -0.528. The molecule has 4 rings (SSSR count). The molecule has 1 atom stereocenters. The lowest BCUT2D eigenvalue weighted by Crippen LogP contribution is -2.17. The Balaban J connectivity index is 1.41. The normalized spacial score (nSPS) is 15.8. The average Bonchev–Trinajstić information content (AvgIpc) is 3.36. The minimum Gasteiger partial charge on any atom is -0.452 e. The van der Waals surface area contributed by atoms with Crippen LogP contribution in [0.4, 0.5) is 4.79 Å². The molecule has 3 aromatic rings. The lowest BCUT2D eigenvalue weighted by molar-refractivity contribution is -0.115. The third kappa shape index (κ3) is 4.31. The van der Waals surface area contributed by atoms with Crippen LogP contribution >= 0.6 is 11.8 Å². The van der Waals surface area contributed by atoms with Crippen molar-refractivity contribution < 1.29 is 23.5 Å². The van der Waals surface area contributed by atoms with Gasteiger partial charge in [0.2, 0.25) is 5.89 Å². The first kappa shape index (κ1) is 19.6. The molecule has 1 aliphatic rings. The van der Waals surface area contributed by atoms with Gasteiger partial charge >= 0.3 is 5.97 Å². The topological polar surface area (TPSA) is 111 Å². The maximum atomic E-state index is 12.4. The van der Waals surface area contributed by atoms with Crippen LogP contribution in [0.5, 0.6) is 0 Å². The second-order valence-corrected chi connectivity index (χ2v) is 7.35. The number of pyridine rings is 1. The van der Waals surface area contributed by atoms with Crippen molar-refractivity contribution in [3.63, 3.8) is 0 Å². The number of carbonyl (C=O) groups excluding carboxylic acids is 3. The minimum absolute atomic E-state index is 0.306. The molecule has 2 amide bonds. The quantitative estimate of drug-likeness (QED) is 0.486. The highest BCUT2D eigenvalue weighted by Crippen LogP contribution is 2.26. The van der Waals surface area contributed by atoms with E-state index in [4.69, 9.17) is 9.15 Å². The van der Waals surface area contributed by atoms with Crippen molar-refractivity contribution in [2.75, 3.05) is 0 Å². The Hall–Kier alpha value is -3.72. The van der Waals surface area contributed by atoms with Crippen LogP contribution < -0.4 is 5.32 Å². The van der Waals surface area contributed by atoms with Crippen LogP contribution in [0.2, 0.25) is 0 Å². The summed E-state index contributed by atoms with van der Waals surface area (Å²) in [5, 5.41) is 1.79. The third-order valence-corrected chi connectivity index (χ3v) is 5.05. The molecule has 9 heteroatoms. The summed E-state index contributed by atoms with van der Waals surface area (Å²) in [6.45, 7) is 1.71. The van der Waals surface area contributed by atoms with Gasteiger partial charge in [0.1, 0.15) is 18.1 Å². The van der Waals surface area contributed by atoms with Gasteiger partial charge in [-0.2, -0.15) is 0 Å². The number of thioether (sulfide) groups is 1. The van der Waals surface area contributed by atoms with Crippen LogP contribution in [0.25, 0.3) is 17.5 Å². The number of oxazole rings is 1. The summed E-state index contributed by atoms with van der Waals surface area (Å²) < 4.78 is 10.9. The first-order valence-electron chi connectivity index (χ1n) is 8.91. The van der Waals surface area contributed by atoms with E-state index < -0.39 is 23.2 Å². The maximum absolute atomic E-state index is 12.4. The molecule has 8 nitrogen and oxygen atoms in total. The Bertz CT molecular complexity index is 1140. The second-order valence-electron chi connectivity index (χ2n) is 6.34. The number of nitrogens with one attached hydrogen (secondary N) is 1. The molecule has 1 saturated heterocycles. The molecule has 0 spiro atoms. The highest BCUT2D eigenvalue weighted by Gasteiger charge is 2.25. The SMILES string of the molecule is CC(OC(=O)c1ccc(/C=C2\SC(=O)NC2=O)cc1)c1coc(-c2ccncc2)n1. The number of nitrogens with zero attached hydrogens (tertiary/aromatic N) is 2. The Morgan fingerprint density at radius 3 is 2.57 bits per heavy atom. The zero-order valence-electron chi connectivity index (χ0n) is 15.7. The summed E-state index contributed by atoms with van der Waals surface area (Å²) in [4.78, 5) is 43.9. The summed E-state index contributed by atoms with van der Waals surface area (Å²) in [5.41, 5.74) is 2.30. The Morgan fingerprint density at radius 1 is 1.17 bits per heavy atom. The van der Waals surface area contributed by atoms with Crippen molar-refractivity contribution in [2.24, 2.45) is 0 Å². The van der Waals surface area contributed by atoms with Crippen molar-refractivity contribution in [2.45, 2.75) is 13.0 Å². The van der Waals surface area contributed by atoms with E-state index in [-0.39, 0.29) is 0 Å². The monoisotopic (exact) mass is 421 g/mol. The highest BCUT2D eigenvalue weighted by molar-refractivity contribution is 8.18. The predicted octanol–water partition coefficient (Wildman–Crippen LogP) is 3.98. The average molecular weight is 421 g/mol. The zero-order valence-corrected chi connectivity index (χ0v) is 16.5. The van der Waals surface area contributed by atoms with Gasteiger partial charge in [0.15, 0.2) is 0 Å². The highest BCUT2D eigenvalue weighted by atomic mass is 32.2. The maximum Gasteiger partial charge on any atom is 0.338 e. The molecule has 150 valence electrons. The predicted molar refractivity (Wildman–Crippen MR) is 109 cm³/mol. The first-order chi connectivity index (χ1) is 14.5. The van der Waals surface area contributed by atoms with E-state index >= 15 is 0 Å². The largest absolute Gasteiger partial charge is 0.452 e. The fourth-order valence-electron chi connectivity index (χ4n) is 2.68. The molecular weight excluding hydrogens is 406 g/mol. The molecule has 0 saturated carbocycles. The lowest BCUT2D eigenvalue weighted by atomic mass is 10.1. The molecule has 0 aliphatic carbocycles. The number of ether oxygens (including phenoxy) is 1. The van der Waals surface area contributed by atoms with E-state index in [9.17, 15) is 14.4 Å².